The van der Waals surface area contributed by atoms with Gasteiger partial charge in [-0.25, -0.2) is 5.43 Å². The van der Waals surface area contributed by atoms with Gasteiger partial charge in [0.1, 0.15) is 0 Å². The average molecular weight is 348 g/mol. The van der Waals surface area contributed by atoms with Crippen molar-refractivity contribution in [2.75, 3.05) is 12.3 Å². The molecule has 2 rings (SSSR count). The molecule has 7 heteroatoms. The molecule has 0 bridgehead atoms. The Morgan fingerprint density at radius 1 is 1.38 bits per heavy atom. The molecule has 2 aromatic rings. The summed E-state index contributed by atoms with van der Waals surface area (Å²) in [7, 11) is 0. The number of anilines is 1. The van der Waals surface area contributed by atoms with E-state index in [4.69, 9.17) is 22.1 Å². The van der Waals surface area contributed by atoms with Crippen LogP contribution >= 0.6 is 11.6 Å². The first-order chi connectivity index (χ1) is 11.5. The predicted octanol–water partition coefficient (Wildman–Crippen LogP) is 2.72. The van der Waals surface area contributed by atoms with Crippen molar-refractivity contribution < 1.29 is 14.6 Å². The van der Waals surface area contributed by atoms with Crippen LogP contribution in [0.25, 0.3) is 0 Å². The number of nitrogens with one attached hydrogen (secondary N) is 1. The number of nitrogens with two attached hydrogens (primary N) is 1. The minimum Gasteiger partial charge on any atom is -0.503 e. The largest absolute Gasteiger partial charge is 0.503 e. The molecule has 0 radical (unpaired) electrons. The van der Waals surface area contributed by atoms with Crippen LogP contribution in [0.2, 0.25) is 5.02 Å². The number of hydrazone groups is 1. The lowest BCUT2D eigenvalue weighted by Crippen LogP contribution is -2.19. The molecule has 0 aromatic heterocycles. The lowest BCUT2D eigenvalue weighted by molar-refractivity contribution is -0.120. The van der Waals surface area contributed by atoms with Gasteiger partial charge in [0.2, 0.25) is 5.91 Å². The number of rotatable bonds is 6. The molecule has 1 amide bonds. The number of carbonyl (C=O) groups is 1. The highest BCUT2D eigenvalue weighted by molar-refractivity contribution is 6.32. The van der Waals surface area contributed by atoms with Crippen molar-refractivity contribution in [2.45, 2.75) is 13.3 Å². The number of hydrogen-bond acceptors (Lipinski definition) is 5. The summed E-state index contributed by atoms with van der Waals surface area (Å²) in [5.74, 6) is -0.117. The van der Waals surface area contributed by atoms with Crippen LogP contribution in [-0.2, 0) is 11.2 Å². The molecule has 126 valence electrons. The number of hydrogen-bond donors (Lipinski definition) is 3. The van der Waals surface area contributed by atoms with Crippen LogP contribution in [0.15, 0.2) is 41.5 Å². The number of carbonyl (C=O) groups excluding carboxylic acids is 1. The Kier molecular flexibility index (Phi) is 6.03. The van der Waals surface area contributed by atoms with Crippen LogP contribution in [0.1, 0.15) is 18.1 Å². The van der Waals surface area contributed by atoms with Gasteiger partial charge in [0.05, 0.1) is 24.3 Å². The zero-order valence-corrected chi connectivity index (χ0v) is 13.9. The fourth-order valence-corrected chi connectivity index (χ4v) is 2.19. The molecular weight excluding hydrogens is 330 g/mol. The number of nitrogens with zero attached hydrogens (tertiary/aromatic N) is 1. The normalized spacial score (nSPS) is 10.8. The van der Waals surface area contributed by atoms with E-state index < -0.39 is 0 Å². The molecule has 2 aromatic carbocycles. The molecule has 0 aliphatic rings. The van der Waals surface area contributed by atoms with Gasteiger partial charge in [-0.2, -0.15) is 5.10 Å². The Morgan fingerprint density at radius 3 is 2.75 bits per heavy atom. The fraction of sp³-hybridized carbons (Fsp3) is 0.176. The van der Waals surface area contributed by atoms with Crippen molar-refractivity contribution in [1.29, 1.82) is 0 Å². The minimum absolute atomic E-state index is 0.122. The monoisotopic (exact) mass is 347 g/mol. The molecular formula is C17H18ClN3O3. The van der Waals surface area contributed by atoms with E-state index >= 15 is 0 Å². The van der Waals surface area contributed by atoms with Crippen molar-refractivity contribution in [3.05, 3.63) is 52.5 Å². The zero-order valence-electron chi connectivity index (χ0n) is 13.1. The SMILES string of the molecule is CCOc1cc(/C=N\NC(=O)Cc2ccc(N)cc2)cc(Cl)c1O. The first-order valence-corrected chi connectivity index (χ1v) is 7.69. The number of benzene rings is 2. The number of amides is 1. The highest BCUT2D eigenvalue weighted by Crippen LogP contribution is 2.34. The van der Waals surface area contributed by atoms with Crippen LogP contribution in [0.4, 0.5) is 5.69 Å². The molecule has 0 saturated carbocycles. The maximum Gasteiger partial charge on any atom is 0.244 e. The van der Waals surface area contributed by atoms with Crippen molar-refractivity contribution in [3.63, 3.8) is 0 Å². The van der Waals surface area contributed by atoms with E-state index in [-0.39, 0.29) is 28.8 Å². The van der Waals surface area contributed by atoms with Gasteiger partial charge in [-0.15, -0.1) is 0 Å². The number of halogens is 1. The quantitative estimate of drug-likeness (QED) is 0.425. The van der Waals surface area contributed by atoms with E-state index in [1.807, 2.05) is 0 Å². The standard InChI is InChI=1S/C17H18ClN3O3/c1-2-24-15-8-12(7-14(18)17(15)23)10-20-21-16(22)9-11-3-5-13(19)6-4-11/h3-8,10,23H,2,9,19H2,1H3,(H,21,22)/b20-10-. The molecule has 0 aliphatic carbocycles. The molecule has 0 spiro atoms. The van der Waals surface area contributed by atoms with Gasteiger partial charge in [-0.1, -0.05) is 23.7 Å². The van der Waals surface area contributed by atoms with E-state index in [2.05, 4.69) is 10.5 Å². The van der Waals surface area contributed by atoms with Gasteiger partial charge in [0, 0.05) is 5.69 Å². The highest BCUT2D eigenvalue weighted by Gasteiger charge is 2.08. The summed E-state index contributed by atoms with van der Waals surface area (Å²) in [4.78, 5) is 11.8. The zero-order chi connectivity index (χ0) is 17.5. The van der Waals surface area contributed by atoms with Gasteiger partial charge in [0.25, 0.3) is 0 Å². The van der Waals surface area contributed by atoms with Gasteiger partial charge >= 0.3 is 0 Å². The van der Waals surface area contributed by atoms with Gasteiger partial charge in [-0.05, 0) is 42.3 Å². The van der Waals surface area contributed by atoms with Crippen LogP contribution < -0.4 is 15.9 Å². The molecule has 0 atom stereocenters. The number of aromatic hydroxyl groups is 1. The third-order valence-electron chi connectivity index (χ3n) is 3.10. The lowest BCUT2D eigenvalue weighted by atomic mass is 10.1. The molecule has 0 aliphatic heterocycles. The van der Waals surface area contributed by atoms with Crippen LogP contribution in [0.5, 0.6) is 11.5 Å². The Balaban J connectivity index is 1.98. The third kappa shape index (κ3) is 4.89. The van der Waals surface area contributed by atoms with Crippen LogP contribution in [-0.4, -0.2) is 23.8 Å². The maximum absolute atomic E-state index is 11.8. The Bertz CT molecular complexity index is 745. The van der Waals surface area contributed by atoms with E-state index in [0.717, 1.165) is 5.56 Å². The molecule has 6 nitrogen and oxygen atoms in total. The summed E-state index contributed by atoms with van der Waals surface area (Å²) >= 11 is 5.93. The second kappa shape index (κ2) is 8.21. The van der Waals surface area contributed by atoms with Gasteiger partial charge < -0.3 is 15.6 Å². The fourth-order valence-electron chi connectivity index (χ4n) is 1.97. The van der Waals surface area contributed by atoms with Gasteiger partial charge in [-0.3, -0.25) is 4.79 Å². The summed E-state index contributed by atoms with van der Waals surface area (Å²) in [5.41, 5.74) is 10.1. The summed E-state index contributed by atoms with van der Waals surface area (Å²) in [5, 5.41) is 13.8. The Hall–Kier alpha value is -2.73. The van der Waals surface area contributed by atoms with Crippen molar-refractivity contribution in [1.82, 2.24) is 5.43 Å². The average Bonchev–Trinajstić information content (AvgIpc) is 2.54. The number of nitrogen functional groups attached to an aromatic ring is 1. The molecule has 24 heavy (non-hydrogen) atoms. The Morgan fingerprint density at radius 2 is 2.08 bits per heavy atom. The van der Waals surface area contributed by atoms with E-state index in [0.29, 0.717) is 17.9 Å². The van der Waals surface area contributed by atoms with E-state index in [1.165, 1.54) is 12.3 Å². The van der Waals surface area contributed by atoms with E-state index in [1.54, 1.807) is 37.3 Å². The summed E-state index contributed by atoms with van der Waals surface area (Å²) in [6.45, 7) is 2.19. The molecule has 4 N–H and O–H groups in total. The van der Waals surface area contributed by atoms with Crippen molar-refractivity contribution >= 4 is 29.4 Å². The van der Waals surface area contributed by atoms with Crippen molar-refractivity contribution in [2.24, 2.45) is 5.10 Å². The second-order valence-electron chi connectivity index (χ2n) is 4.99. The number of phenolic OH excluding ortho intramolecular Hbond substituents is 1. The maximum atomic E-state index is 11.8. The molecule has 0 unspecified atom stereocenters. The number of phenols is 1. The first-order valence-electron chi connectivity index (χ1n) is 7.31. The summed E-state index contributed by atoms with van der Waals surface area (Å²) in [6.07, 6.45) is 1.62. The Labute approximate surface area is 144 Å². The smallest absolute Gasteiger partial charge is 0.244 e. The molecule has 0 heterocycles. The highest BCUT2D eigenvalue weighted by atomic mass is 35.5. The second-order valence-corrected chi connectivity index (χ2v) is 5.40. The minimum atomic E-state index is -0.258. The lowest BCUT2D eigenvalue weighted by Gasteiger charge is -2.08. The molecule has 0 fully saturated rings. The molecule has 0 saturated heterocycles. The third-order valence-corrected chi connectivity index (χ3v) is 3.39. The van der Waals surface area contributed by atoms with Crippen LogP contribution in [0, 0.1) is 0 Å². The topological polar surface area (TPSA) is 96.9 Å². The van der Waals surface area contributed by atoms with Crippen LogP contribution in [0.3, 0.4) is 0 Å². The summed E-state index contributed by atoms with van der Waals surface area (Å²) < 4.78 is 5.28. The van der Waals surface area contributed by atoms with Gasteiger partial charge in [0.15, 0.2) is 11.5 Å². The summed E-state index contributed by atoms with van der Waals surface area (Å²) in [6, 6.07) is 10.1. The van der Waals surface area contributed by atoms with Crippen molar-refractivity contribution in [3.8, 4) is 11.5 Å². The van der Waals surface area contributed by atoms with E-state index in [9.17, 15) is 9.90 Å². The predicted molar refractivity (Wildman–Crippen MR) is 94.6 cm³/mol. The number of ether oxygens (including phenoxy) is 1. The first kappa shape index (κ1) is 17.6.